The van der Waals surface area contributed by atoms with E-state index < -0.39 is 13.9 Å². The normalized spacial score (nSPS) is 14.0. The van der Waals surface area contributed by atoms with E-state index in [0.717, 1.165) is 51.4 Å². The van der Waals surface area contributed by atoms with E-state index >= 15 is 0 Å². The number of hydrogen-bond acceptors (Lipinski definition) is 6. The van der Waals surface area contributed by atoms with E-state index in [4.69, 9.17) is 18.5 Å². The van der Waals surface area contributed by atoms with E-state index in [9.17, 15) is 14.3 Å². The summed E-state index contributed by atoms with van der Waals surface area (Å²) in [4.78, 5) is 23.0. The zero-order chi connectivity index (χ0) is 44.8. The van der Waals surface area contributed by atoms with Crippen molar-refractivity contribution >= 4 is 13.8 Å². The summed E-state index contributed by atoms with van der Waals surface area (Å²) < 4.78 is 35.1. The lowest BCUT2D eigenvalue weighted by molar-refractivity contribution is -0.870. The molecule has 0 aromatic heterocycles. The first-order valence-corrected chi connectivity index (χ1v) is 26.9. The van der Waals surface area contributed by atoms with Crippen molar-refractivity contribution < 1.29 is 37.3 Å². The lowest BCUT2D eigenvalue weighted by atomic mass is 10.0. The van der Waals surface area contributed by atoms with Crippen LogP contribution in [0.3, 0.4) is 0 Å². The van der Waals surface area contributed by atoms with Gasteiger partial charge in [0.05, 0.1) is 34.4 Å². The number of unbranched alkanes of at least 4 members (excludes halogenated alkanes) is 25. The van der Waals surface area contributed by atoms with E-state index in [0.29, 0.717) is 24.1 Å². The van der Waals surface area contributed by atoms with Crippen LogP contribution in [0.2, 0.25) is 0 Å². The van der Waals surface area contributed by atoms with Crippen LogP contribution in [0.25, 0.3) is 0 Å². The van der Waals surface area contributed by atoms with E-state index in [1.54, 1.807) is 0 Å². The molecule has 358 valence electrons. The van der Waals surface area contributed by atoms with E-state index in [-0.39, 0.29) is 25.8 Å². The van der Waals surface area contributed by atoms with Crippen LogP contribution >= 0.6 is 7.82 Å². The Morgan fingerprint density at radius 3 is 1.39 bits per heavy atom. The first-order valence-electron chi connectivity index (χ1n) is 25.4. The number of likely N-dealkylation sites (N-methyl/N-ethyl adjacent to an activating group) is 1. The zero-order valence-electron chi connectivity index (χ0n) is 40.7. The Bertz CT molecular complexity index is 1120. The second-order valence-electron chi connectivity index (χ2n) is 18.2. The van der Waals surface area contributed by atoms with Gasteiger partial charge in [0.25, 0.3) is 0 Å². The van der Waals surface area contributed by atoms with Gasteiger partial charge < -0.3 is 18.9 Å². The monoisotopic (exact) mass is 881 g/mol. The van der Waals surface area contributed by atoms with Crippen LogP contribution in [0.1, 0.15) is 219 Å². The lowest BCUT2D eigenvalue weighted by Gasteiger charge is -2.24. The quantitative estimate of drug-likeness (QED) is 0.0214. The highest BCUT2D eigenvalue weighted by Gasteiger charge is 2.26. The van der Waals surface area contributed by atoms with E-state index in [2.05, 4.69) is 62.5 Å². The van der Waals surface area contributed by atoms with Crippen molar-refractivity contribution in [1.82, 2.24) is 0 Å². The van der Waals surface area contributed by atoms with Crippen LogP contribution in [-0.4, -0.2) is 75.6 Å². The number of hydrogen-bond donors (Lipinski definition) is 1. The van der Waals surface area contributed by atoms with Crippen LogP contribution in [0.15, 0.2) is 48.6 Å². The Morgan fingerprint density at radius 1 is 0.508 bits per heavy atom. The molecule has 0 aromatic carbocycles. The third kappa shape index (κ3) is 49.3. The van der Waals surface area contributed by atoms with Crippen molar-refractivity contribution in [2.75, 3.05) is 54.1 Å². The minimum Gasteiger partial charge on any atom is -0.457 e. The first kappa shape index (κ1) is 59.5. The highest BCUT2D eigenvalue weighted by Crippen LogP contribution is 2.43. The van der Waals surface area contributed by atoms with E-state index in [1.807, 2.05) is 21.1 Å². The molecule has 0 spiro atoms. The van der Waals surface area contributed by atoms with Gasteiger partial charge in [-0.15, -0.1) is 0 Å². The first-order chi connectivity index (χ1) is 29.6. The Morgan fingerprint density at radius 2 is 0.934 bits per heavy atom. The maximum Gasteiger partial charge on any atom is 0.472 e. The topological polar surface area (TPSA) is 91.3 Å². The molecule has 2 atom stereocenters. The number of esters is 1. The zero-order valence-corrected chi connectivity index (χ0v) is 41.5. The van der Waals surface area contributed by atoms with Crippen molar-refractivity contribution in [2.45, 2.75) is 225 Å². The average Bonchev–Trinajstić information content (AvgIpc) is 3.22. The summed E-state index contributed by atoms with van der Waals surface area (Å²) in [6.45, 7) is 5.54. The number of allylic oxidation sites excluding steroid dienone is 8. The Balaban J connectivity index is 4.09. The Kier molecular flexibility index (Phi) is 43.9. The van der Waals surface area contributed by atoms with Crippen LogP contribution < -0.4 is 0 Å². The molecule has 0 saturated heterocycles. The number of quaternary nitrogens is 1. The summed E-state index contributed by atoms with van der Waals surface area (Å²) in [5.74, 6) is -0.318. The van der Waals surface area contributed by atoms with Crippen LogP contribution in [0.5, 0.6) is 0 Å². The maximum absolute atomic E-state index is 12.8. The van der Waals surface area contributed by atoms with E-state index in [1.165, 1.54) is 148 Å². The van der Waals surface area contributed by atoms with Crippen molar-refractivity contribution in [3.63, 3.8) is 0 Å². The van der Waals surface area contributed by atoms with Gasteiger partial charge in [0.15, 0.2) is 0 Å². The van der Waals surface area contributed by atoms with Gasteiger partial charge in [-0.2, -0.15) is 0 Å². The molecular weight excluding hydrogens is 782 g/mol. The molecule has 0 saturated carbocycles. The minimum absolute atomic E-state index is 0.0855. The molecular formula is C52H99NO7P+. The molecule has 8 nitrogen and oxygen atoms in total. The molecule has 0 aromatic rings. The molecule has 0 amide bonds. The third-order valence-electron chi connectivity index (χ3n) is 10.8. The molecule has 0 heterocycles. The highest BCUT2D eigenvalue weighted by atomic mass is 31.2. The summed E-state index contributed by atoms with van der Waals surface area (Å²) in [5, 5.41) is 0. The van der Waals surface area contributed by atoms with Crippen LogP contribution in [-0.2, 0) is 27.9 Å². The van der Waals surface area contributed by atoms with Gasteiger partial charge >= 0.3 is 13.8 Å². The number of phosphoric acid groups is 1. The smallest absolute Gasteiger partial charge is 0.457 e. The minimum atomic E-state index is -4.28. The maximum atomic E-state index is 12.8. The van der Waals surface area contributed by atoms with Crippen molar-refractivity contribution in [3.8, 4) is 0 Å². The number of carbonyl (C=O) groups excluding carboxylic acids is 1. The van der Waals surface area contributed by atoms with Gasteiger partial charge in [0, 0.05) is 13.0 Å². The van der Waals surface area contributed by atoms with Crippen molar-refractivity contribution in [3.05, 3.63) is 48.6 Å². The lowest BCUT2D eigenvalue weighted by Crippen LogP contribution is -2.37. The second kappa shape index (κ2) is 45.0. The van der Waals surface area contributed by atoms with Crippen molar-refractivity contribution in [1.29, 1.82) is 0 Å². The molecule has 2 unspecified atom stereocenters. The number of rotatable bonds is 47. The average molecular weight is 881 g/mol. The molecule has 61 heavy (non-hydrogen) atoms. The van der Waals surface area contributed by atoms with Crippen LogP contribution in [0, 0.1) is 0 Å². The number of ether oxygens (including phenoxy) is 2. The predicted molar refractivity (Wildman–Crippen MR) is 261 cm³/mol. The van der Waals surface area contributed by atoms with Gasteiger partial charge in [0.1, 0.15) is 19.3 Å². The molecule has 9 heteroatoms. The standard InChI is InChI=1S/C52H98NO7P/c1-6-8-10-12-14-16-18-20-22-23-24-25-26-27-28-29-30-31-32-33-35-37-39-41-43-45-52(54)60-51(50-59-61(55,56)58-48-46-53(3,4)5)49-57-47-44-42-40-38-36-34-21-19-17-15-13-11-9-7-2/h11,13,17-20,23-24,51H,6-10,12,14-16,21-22,25-50H2,1-5H3/p+1/b13-11-,19-17-,20-18-,24-23-. The SMILES string of the molecule is CCC/C=C\C/C=C\CCCCCCCCOCC(COP(=O)(O)OCC[N+](C)(C)C)OC(=O)CCCCCCCCCCCCCCC/C=C\C/C=C\CCCCCCC. The Hall–Kier alpha value is -1.54. The molecule has 0 aliphatic carbocycles. The number of phosphoric ester groups is 1. The van der Waals surface area contributed by atoms with Gasteiger partial charge in [-0.05, 0) is 70.6 Å². The largest absolute Gasteiger partial charge is 0.472 e. The predicted octanol–water partition coefficient (Wildman–Crippen LogP) is 15.5. The third-order valence-corrected chi connectivity index (χ3v) is 11.8. The molecule has 1 N–H and O–H groups in total. The summed E-state index contributed by atoms with van der Waals surface area (Å²) in [7, 11) is 1.66. The molecule has 0 aliphatic heterocycles. The molecule has 0 rings (SSSR count). The van der Waals surface area contributed by atoms with Gasteiger partial charge in [-0.3, -0.25) is 13.8 Å². The fraction of sp³-hybridized carbons (Fsp3) is 0.827. The Labute approximate surface area is 378 Å². The molecule has 0 fully saturated rings. The molecule has 0 aliphatic rings. The van der Waals surface area contributed by atoms with Crippen LogP contribution in [0.4, 0.5) is 0 Å². The fourth-order valence-corrected chi connectivity index (χ4v) is 7.66. The van der Waals surface area contributed by atoms with Gasteiger partial charge in [-0.25, -0.2) is 4.57 Å². The summed E-state index contributed by atoms with van der Waals surface area (Å²) >= 11 is 0. The summed E-state index contributed by atoms with van der Waals surface area (Å²) in [6, 6.07) is 0. The van der Waals surface area contributed by atoms with Gasteiger partial charge in [-0.1, -0.05) is 191 Å². The van der Waals surface area contributed by atoms with Gasteiger partial charge in [0.2, 0.25) is 0 Å². The highest BCUT2D eigenvalue weighted by molar-refractivity contribution is 7.47. The molecule has 0 bridgehead atoms. The van der Waals surface area contributed by atoms with Crippen molar-refractivity contribution in [2.24, 2.45) is 0 Å². The number of carbonyl (C=O) groups is 1. The second-order valence-corrected chi connectivity index (χ2v) is 19.6. The number of nitrogens with zero attached hydrogens (tertiary/aromatic N) is 1. The summed E-state index contributed by atoms with van der Waals surface area (Å²) in [6.07, 6.45) is 55.9. The fourth-order valence-electron chi connectivity index (χ4n) is 6.92. The summed E-state index contributed by atoms with van der Waals surface area (Å²) in [5.41, 5.74) is 0. The molecule has 0 radical (unpaired) electrons.